The van der Waals surface area contributed by atoms with Gasteiger partial charge in [0, 0.05) is 31.2 Å². The summed E-state index contributed by atoms with van der Waals surface area (Å²) in [6.45, 7) is 1.34. The highest BCUT2D eigenvalue weighted by Crippen LogP contribution is 2.38. The van der Waals surface area contributed by atoms with Crippen molar-refractivity contribution in [2.24, 2.45) is 0 Å². The van der Waals surface area contributed by atoms with Crippen LogP contribution in [0.25, 0.3) is 11.3 Å². The number of hydrogen-bond donors (Lipinski definition) is 2. The zero-order valence-electron chi connectivity index (χ0n) is 10.1. The van der Waals surface area contributed by atoms with Crippen LogP contribution in [-0.4, -0.2) is 30.5 Å². The molecule has 4 nitrogen and oxygen atoms in total. The zero-order chi connectivity index (χ0) is 12.5. The largest absolute Gasteiger partial charge is 0.383 e. The molecule has 18 heavy (non-hydrogen) atoms. The van der Waals surface area contributed by atoms with E-state index in [1.54, 1.807) is 19.2 Å². The van der Waals surface area contributed by atoms with Gasteiger partial charge in [0.25, 0.3) is 0 Å². The van der Waals surface area contributed by atoms with Crippen LogP contribution in [0.15, 0.2) is 18.2 Å². The van der Waals surface area contributed by atoms with E-state index in [0.29, 0.717) is 19.6 Å². The number of anilines is 1. The van der Waals surface area contributed by atoms with Gasteiger partial charge in [-0.05, 0) is 23.8 Å². The van der Waals surface area contributed by atoms with Crippen LogP contribution in [0.5, 0.6) is 0 Å². The molecule has 0 amide bonds. The molecule has 0 atom stereocenters. The smallest absolute Gasteiger partial charge is 0.152 e. The lowest BCUT2D eigenvalue weighted by molar-refractivity contribution is 0.210. The van der Waals surface area contributed by atoms with E-state index in [9.17, 15) is 4.39 Å². The van der Waals surface area contributed by atoms with Crippen molar-refractivity contribution >= 4 is 5.82 Å². The van der Waals surface area contributed by atoms with Crippen molar-refractivity contribution in [1.82, 2.24) is 10.2 Å². The monoisotopic (exact) mass is 247 g/mol. The molecule has 2 aromatic rings. The van der Waals surface area contributed by atoms with E-state index in [1.165, 1.54) is 6.07 Å². The third kappa shape index (κ3) is 1.76. The molecule has 0 radical (unpaired) electrons. The average molecular weight is 247 g/mol. The van der Waals surface area contributed by atoms with Crippen molar-refractivity contribution in [3.8, 4) is 11.3 Å². The summed E-state index contributed by atoms with van der Waals surface area (Å²) in [6, 6.07) is 4.86. The number of aromatic nitrogens is 2. The highest BCUT2D eigenvalue weighted by Gasteiger charge is 2.24. The van der Waals surface area contributed by atoms with Gasteiger partial charge in [0.15, 0.2) is 5.82 Å². The summed E-state index contributed by atoms with van der Waals surface area (Å²) in [5, 5.41) is 10.5. The number of aromatic amines is 1. The molecule has 1 aliphatic carbocycles. The second-order valence-electron chi connectivity index (χ2n) is 4.32. The number of hydrogen-bond acceptors (Lipinski definition) is 3. The Hall–Kier alpha value is -1.88. The van der Waals surface area contributed by atoms with Gasteiger partial charge in [-0.3, -0.25) is 5.10 Å². The summed E-state index contributed by atoms with van der Waals surface area (Å²) in [6.07, 6.45) is 0.717. The molecule has 0 saturated carbocycles. The van der Waals surface area contributed by atoms with Gasteiger partial charge in [0.05, 0.1) is 12.3 Å². The van der Waals surface area contributed by atoms with Crippen LogP contribution in [0.4, 0.5) is 10.2 Å². The first kappa shape index (κ1) is 11.2. The maximum atomic E-state index is 13.2. The summed E-state index contributed by atoms with van der Waals surface area (Å²) in [7, 11) is 1.66. The number of methoxy groups -OCH3 is 1. The number of halogens is 1. The summed E-state index contributed by atoms with van der Waals surface area (Å²) in [4.78, 5) is 0. The second-order valence-corrected chi connectivity index (χ2v) is 4.32. The van der Waals surface area contributed by atoms with E-state index < -0.39 is 0 Å². The number of H-pyrrole nitrogens is 1. The van der Waals surface area contributed by atoms with Crippen molar-refractivity contribution in [2.75, 3.05) is 25.6 Å². The molecular formula is C13H14FN3O. The molecular weight excluding hydrogens is 233 g/mol. The first-order valence-electron chi connectivity index (χ1n) is 5.88. The molecule has 1 aromatic carbocycles. The summed E-state index contributed by atoms with van der Waals surface area (Å²) in [5.41, 5.74) is 4.14. The SMILES string of the molecule is COCCNc1n[nH]c2c1Cc1cc(F)ccc1-2. The van der Waals surface area contributed by atoms with Crippen LogP contribution in [0, 0.1) is 5.82 Å². The van der Waals surface area contributed by atoms with Gasteiger partial charge in [-0.25, -0.2) is 4.39 Å². The average Bonchev–Trinajstić information content (AvgIpc) is 2.88. The molecule has 0 saturated heterocycles. The fourth-order valence-electron chi connectivity index (χ4n) is 2.32. The van der Waals surface area contributed by atoms with E-state index >= 15 is 0 Å². The first-order chi connectivity index (χ1) is 8.79. The van der Waals surface area contributed by atoms with E-state index in [0.717, 1.165) is 28.2 Å². The van der Waals surface area contributed by atoms with Crippen LogP contribution < -0.4 is 5.32 Å². The Bertz CT molecular complexity index is 580. The topological polar surface area (TPSA) is 49.9 Å². The van der Waals surface area contributed by atoms with Crippen LogP contribution in [0.3, 0.4) is 0 Å². The quantitative estimate of drug-likeness (QED) is 0.695. The minimum absolute atomic E-state index is 0.194. The second kappa shape index (κ2) is 4.42. The number of fused-ring (bicyclic) bond motifs is 3. The number of rotatable bonds is 4. The summed E-state index contributed by atoms with van der Waals surface area (Å²) in [5.74, 6) is 0.638. The fraction of sp³-hybridized carbons (Fsp3) is 0.308. The molecule has 0 spiro atoms. The lowest BCUT2D eigenvalue weighted by atomic mass is 10.1. The van der Waals surface area contributed by atoms with Gasteiger partial charge < -0.3 is 10.1 Å². The van der Waals surface area contributed by atoms with Gasteiger partial charge in [-0.15, -0.1) is 0 Å². The molecule has 0 fully saturated rings. The Morgan fingerprint density at radius 1 is 1.50 bits per heavy atom. The molecule has 0 bridgehead atoms. The van der Waals surface area contributed by atoms with Crippen LogP contribution in [0.1, 0.15) is 11.1 Å². The Labute approximate surface area is 104 Å². The van der Waals surface area contributed by atoms with E-state index in [-0.39, 0.29) is 5.82 Å². The maximum absolute atomic E-state index is 13.2. The lowest BCUT2D eigenvalue weighted by Crippen LogP contribution is -2.09. The molecule has 1 heterocycles. The highest BCUT2D eigenvalue weighted by molar-refractivity contribution is 5.78. The van der Waals surface area contributed by atoms with Crippen molar-refractivity contribution in [3.05, 3.63) is 35.1 Å². The molecule has 0 unspecified atom stereocenters. The summed E-state index contributed by atoms with van der Waals surface area (Å²) < 4.78 is 18.2. The maximum Gasteiger partial charge on any atom is 0.152 e. The Morgan fingerprint density at radius 2 is 2.39 bits per heavy atom. The third-order valence-electron chi connectivity index (χ3n) is 3.17. The predicted octanol–water partition coefficient (Wildman–Crippen LogP) is 2.18. The Kier molecular flexibility index (Phi) is 2.76. The van der Waals surface area contributed by atoms with Crippen molar-refractivity contribution < 1.29 is 9.13 Å². The van der Waals surface area contributed by atoms with Crippen LogP contribution in [0.2, 0.25) is 0 Å². The number of nitrogens with zero attached hydrogens (tertiary/aromatic N) is 1. The zero-order valence-corrected chi connectivity index (χ0v) is 10.1. The molecule has 2 N–H and O–H groups in total. The molecule has 1 aromatic heterocycles. The van der Waals surface area contributed by atoms with Gasteiger partial charge in [0.1, 0.15) is 5.82 Å². The van der Waals surface area contributed by atoms with Gasteiger partial charge in [0.2, 0.25) is 0 Å². The van der Waals surface area contributed by atoms with Gasteiger partial charge >= 0.3 is 0 Å². The minimum atomic E-state index is -0.194. The lowest BCUT2D eigenvalue weighted by Gasteiger charge is -2.03. The van der Waals surface area contributed by atoms with E-state index in [1.807, 2.05) is 0 Å². The van der Waals surface area contributed by atoms with E-state index in [2.05, 4.69) is 15.5 Å². The standard InChI is InChI=1S/C13H14FN3O/c1-18-5-4-15-13-11-7-8-6-9(14)2-3-10(8)12(11)16-17-13/h2-3,6H,4-5,7H2,1H3,(H2,15,16,17). The number of nitrogens with one attached hydrogen (secondary N) is 2. The van der Waals surface area contributed by atoms with Crippen LogP contribution >= 0.6 is 0 Å². The van der Waals surface area contributed by atoms with Crippen molar-refractivity contribution in [2.45, 2.75) is 6.42 Å². The van der Waals surface area contributed by atoms with E-state index in [4.69, 9.17) is 4.74 Å². The molecule has 3 rings (SSSR count). The van der Waals surface area contributed by atoms with Crippen LogP contribution in [-0.2, 0) is 11.2 Å². The third-order valence-corrected chi connectivity index (χ3v) is 3.17. The minimum Gasteiger partial charge on any atom is -0.383 e. The predicted molar refractivity (Wildman–Crippen MR) is 67.2 cm³/mol. The first-order valence-corrected chi connectivity index (χ1v) is 5.88. The molecule has 1 aliphatic rings. The molecule has 0 aliphatic heterocycles. The highest BCUT2D eigenvalue weighted by atomic mass is 19.1. The Morgan fingerprint density at radius 3 is 3.22 bits per heavy atom. The number of ether oxygens (including phenoxy) is 1. The molecule has 94 valence electrons. The van der Waals surface area contributed by atoms with Crippen molar-refractivity contribution in [3.63, 3.8) is 0 Å². The van der Waals surface area contributed by atoms with Crippen molar-refractivity contribution in [1.29, 1.82) is 0 Å². The molecule has 5 heteroatoms. The normalized spacial score (nSPS) is 12.3. The summed E-state index contributed by atoms with van der Waals surface area (Å²) >= 11 is 0. The van der Waals surface area contributed by atoms with Gasteiger partial charge in [-0.2, -0.15) is 5.10 Å². The number of benzene rings is 1. The van der Waals surface area contributed by atoms with Gasteiger partial charge in [-0.1, -0.05) is 0 Å². The Balaban J connectivity index is 1.88. The fourth-order valence-corrected chi connectivity index (χ4v) is 2.32.